The number of nitrogens with one attached hydrogen (secondary N) is 1. The number of esters is 1. The number of carbonyl (C=O) groups is 2. The maximum absolute atomic E-state index is 14.9. The van der Waals surface area contributed by atoms with E-state index in [9.17, 15) is 19.2 Å². The summed E-state index contributed by atoms with van der Waals surface area (Å²) in [6, 6.07) is 6.24. The van der Waals surface area contributed by atoms with Crippen LogP contribution in [0.1, 0.15) is 49.7 Å². The van der Waals surface area contributed by atoms with Crippen LogP contribution in [0.15, 0.2) is 24.4 Å². The molecule has 10 heteroatoms. The predicted molar refractivity (Wildman–Crippen MR) is 121 cm³/mol. The van der Waals surface area contributed by atoms with Gasteiger partial charge in [-0.05, 0) is 45.7 Å². The Bertz CT molecular complexity index is 1090. The Hall–Kier alpha value is -3.74. The number of nitrogens with two attached hydrogens (primary N) is 1. The number of hydrogen-bond acceptors (Lipinski definition) is 7. The third-order valence-electron chi connectivity index (χ3n) is 5.29. The van der Waals surface area contributed by atoms with Gasteiger partial charge in [0.1, 0.15) is 17.5 Å². The molecule has 1 aliphatic heterocycles. The van der Waals surface area contributed by atoms with Crippen LogP contribution in [0.5, 0.6) is 0 Å². The van der Waals surface area contributed by atoms with Gasteiger partial charge in [-0.25, -0.2) is 14.0 Å². The summed E-state index contributed by atoms with van der Waals surface area (Å²) in [7, 11) is 1.20. The average molecular weight is 458 g/mol. The number of amides is 1. The number of nitrogens with zero attached hydrogens (tertiary/aromatic N) is 3. The predicted octanol–water partition coefficient (Wildman–Crippen LogP) is 3.67. The molecule has 176 valence electrons. The van der Waals surface area contributed by atoms with Gasteiger partial charge in [0.2, 0.25) is 0 Å². The Kier molecular flexibility index (Phi) is 6.81. The Morgan fingerprint density at radius 2 is 1.94 bits per heavy atom. The summed E-state index contributed by atoms with van der Waals surface area (Å²) in [5.41, 5.74) is 5.88. The standard InChI is InChI=1S/C23H28FN5O4/c1-23(2,3)33-22(31)28-10-8-15(9-11-28)27-19-16(24)6-5-7-17(19)29-13-14(12-25)18(26)20(29)21(30)32-4/h5-7,13,15,27H,8-11,26H2,1-4H3. The van der Waals surface area contributed by atoms with Crippen molar-refractivity contribution in [2.24, 2.45) is 0 Å². The van der Waals surface area contributed by atoms with Crippen LogP contribution in [0.4, 0.5) is 20.6 Å². The van der Waals surface area contributed by atoms with Gasteiger partial charge in [0.05, 0.1) is 29.7 Å². The number of anilines is 2. The Morgan fingerprint density at radius 1 is 1.27 bits per heavy atom. The first-order valence-electron chi connectivity index (χ1n) is 10.6. The number of rotatable bonds is 4. The summed E-state index contributed by atoms with van der Waals surface area (Å²) in [6.07, 6.45) is 2.16. The van der Waals surface area contributed by atoms with E-state index in [0.29, 0.717) is 31.6 Å². The van der Waals surface area contributed by atoms with Crippen LogP contribution in [0, 0.1) is 17.1 Å². The molecule has 0 atom stereocenters. The zero-order chi connectivity index (χ0) is 24.3. The highest BCUT2D eigenvalue weighted by molar-refractivity contribution is 5.96. The molecule has 1 fully saturated rings. The van der Waals surface area contributed by atoms with Crippen molar-refractivity contribution in [3.63, 3.8) is 0 Å². The van der Waals surface area contributed by atoms with Crippen molar-refractivity contribution < 1.29 is 23.5 Å². The van der Waals surface area contributed by atoms with E-state index in [-0.39, 0.29) is 34.8 Å². The van der Waals surface area contributed by atoms with E-state index >= 15 is 0 Å². The second-order valence-electron chi connectivity index (χ2n) is 8.80. The number of methoxy groups -OCH3 is 1. The molecule has 3 rings (SSSR count). The molecule has 3 N–H and O–H groups in total. The molecule has 0 bridgehead atoms. The van der Waals surface area contributed by atoms with Gasteiger partial charge in [0.15, 0.2) is 5.69 Å². The van der Waals surface area contributed by atoms with Crippen molar-refractivity contribution in [2.45, 2.75) is 45.3 Å². The van der Waals surface area contributed by atoms with Crippen LogP contribution in [-0.4, -0.2) is 53.4 Å². The topological polar surface area (TPSA) is 123 Å². The number of likely N-dealkylation sites (tertiary alicyclic amines) is 1. The van der Waals surface area contributed by atoms with Crippen LogP contribution in [0.2, 0.25) is 0 Å². The quantitative estimate of drug-likeness (QED) is 0.672. The van der Waals surface area contributed by atoms with Crippen molar-refractivity contribution in [3.05, 3.63) is 41.5 Å². The van der Waals surface area contributed by atoms with Gasteiger partial charge in [-0.3, -0.25) is 0 Å². The molecular weight excluding hydrogens is 429 g/mol. The molecule has 1 aliphatic rings. The van der Waals surface area contributed by atoms with Gasteiger partial charge >= 0.3 is 12.1 Å². The second kappa shape index (κ2) is 9.40. The van der Waals surface area contributed by atoms with Crippen molar-refractivity contribution in [3.8, 4) is 11.8 Å². The molecule has 0 radical (unpaired) electrons. The van der Waals surface area contributed by atoms with Crippen LogP contribution >= 0.6 is 0 Å². The number of para-hydroxylation sites is 1. The van der Waals surface area contributed by atoms with E-state index in [1.807, 2.05) is 26.8 Å². The highest BCUT2D eigenvalue weighted by Crippen LogP contribution is 2.32. The summed E-state index contributed by atoms with van der Waals surface area (Å²) >= 11 is 0. The van der Waals surface area contributed by atoms with E-state index in [2.05, 4.69) is 5.32 Å². The van der Waals surface area contributed by atoms with Crippen molar-refractivity contribution in [2.75, 3.05) is 31.2 Å². The molecule has 33 heavy (non-hydrogen) atoms. The fraction of sp³-hybridized carbons (Fsp3) is 0.435. The molecule has 1 aromatic heterocycles. The summed E-state index contributed by atoms with van der Waals surface area (Å²) in [5.74, 6) is -1.27. The summed E-state index contributed by atoms with van der Waals surface area (Å²) < 4.78 is 26.5. The molecule has 0 unspecified atom stereocenters. The number of aromatic nitrogens is 1. The highest BCUT2D eigenvalue weighted by atomic mass is 19.1. The van der Waals surface area contributed by atoms with Gasteiger partial charge in [0, 0.05) is 25.3 Å². The monoisotopic (exact) mass is 457 g/mol. The Labute approximate surface area is 191 Å². The third kappa shape index (κ3) is 5.19. The zero-order valence-electron chi connectivity index (χ0n) is 19.1. The van der Waals surface area contributed by atoms with E-state index in [1.165, 1.54) is 30.0 Å². The lowest BCUT2D eigenvalue weighted by Gasteiger charge is -2.34. The van der Waals surface area contributed by atoms with Crippen molar-refractivity contribution >= 4 is 23.4 Å². The molecule has 2 heterocycles. The lowest BCUT2D eigenvalue weighted by atomic mass is 10.0. The molecular formula is C23H28FN5O4. The van der Waals surface area contributed by atoms with Crippen LogP contribution in [0.3, 0.4) is 0 Å². The molecule has 1 aromatic carbocycles. The second-order valence-corrected chi connectivity index (χ2v) is 8.80. The molecule has 0 aliphatic carbocycles. The maximum Gasteiger partial charge on any atom is 0.410 e. The molecule has 0 spiro atoms. The number of ether oxygens (including phenoxy) is 2. The minimum atomic E-state index is -0.741. The van der Waals surface area contributed by atoms with Gasteiger partial charge in [0.25, 0.3) is 0 Å². The number of nitrogen functional groups attached to an aromatic ring is 1. The fourth-order valence-corrected chi connectivity index (χ4v) is 3.70. The first-order chi connectivity index (χ1) is 15.6. The number of halogens is 1. The smallest absolute Gasteiger partial charge is 0.410 e. The Balaban J connectivity index is 1.85. The first-order valence-corrected chi connectivity index (χ1v) is 10.6. The zero-order valence-corrected chi connectivity index (χ0v) is 19.1. The number of benzene rings is 1. The molecule has 9 nitrogen and oxygen atoms in total. The van der Waals surface area contributed by atoms with Gasteiger partial charge < -0.3 is 30.0 Å². The normalized spacial score (nSPS) is 14.5. The summed E-state index contributed by atoms with van der Waals surface area (Å²) in [4.78, 5) is 26.3. The van der Waals surface area contributed by atoms with Crippen molar-refractivity contribution in [1.29, 1.82) is 5.26 Å². The largest absolute Gasteiger partial charge is 0.464 e. The average Bonchev–Trinajstić information content (AvgIpc) is 3.10. The molecule has 1 amide bonds. The fourth-order valence-electron chi connectivity index (χ4n) is 3.70. The number of carbonyl (C=O) groups excluding carboxylic acids is 2. The lowest BCUT2D eigenvalue weighted by molar-refractivity contribution is 0.0210. The number of nitriles is 1. The number of hydrogen-bond donors (Lipinski definition) is 2. The minimum absolute atomic E-state index is 0.0368. The van der Waals surface area contributed by atoms with Gasteiger partial charge in [-0.15, -0.1) is 0 Å². The molecule has 1 saturated heterocycles. The van der Waals surface area contributed by atoms with Crippen LogP contribution in [0.25, 0.3) is 5.69 Å². The minimum Gasteiger partial charge on any atom is -0.464 e. The summed E-state index contributed by atoms with van der Waals surface area (Å²) in [5, 5.41) is 12.6. The number of piperidine rings is 1. The lowest BCUT2D eigenvalue weighted by Crippen LogP contribution is -2.44. The molecule has 2 aromatic rings. The van der Waals surface area contributed by atoms with E-state index in [1.54, 1.807) is 11.0 Å². The maximum atomic E-state index is 14.9. The van der Waals surface area contributed by atoms with E-state index in [0.717, 1.165) is 0 Å². The van der Waals surface area contributed by atoms with Crippen LogP contribution < -0.4 is 11.1 Å². The third-order valence-corrected chi connectivity index (χ3v) is 5.29. The van der Waals surface area contributed by atoms with Crippen LogP contribution in [-0.2, 0) is 9.47 Å². The van der Waals surface area contributed by atoms with Gasteiger partial charge in [-0.2, -0.15) is 5.26 Å². The first kappa shape index (κ1) is 23.9. The Morgan fingerprint density at radius 3 is 2.52 bits per heavy atom. The van der Waals surface area contributed by atoms with Crippen molar-refractivity contribution in [1.82, 2.24) is 9.47 Å². The highest BCUT2D eigenvalue weighted by Gasteiger charge is 2.29. The van der Waals surface area contributed by atoms with E-state index in [4.69, 9.17) is 15.2 Å². The summed E-state index contributed by atoms with van der Waals surface area (Å²) in [6.45, 7) is 6.35. The van der Waals surface area contributed by atoms with E-state index < -0.39 is 17.4 Å². The SMILES string of the molecule is COC(=O)c1c(N)c(C#N)cn1-c1cccc(F)c1NC1CCN(C(=O)OC(C)(C)C)CC1. The molecule has 0 saturated carbocycles. The van der Waals surface area contributed by atoms with Gasteiger partial charge in [-0.1, -0.05) is 6.07 Å².